The van der Waals surface area contributed by atoms with Gasteiger partial charge in [0, 0.05) is 30.9 Å². The summed E-state index contributed by atoms with van der Waals surface area (Å²) in [5.41, 5.74) is 0.248. The van der Waals surface area contributed by atoms with E-state index in [2.05, 4.69) is 5.32 Å². The molecule has 0 saturated heterocycles. The van der Waals surface area contributed by atoms with Gasteiger partial charge in [0.1, 0.15) is 0 Å². The van der Waals surface area contributed by atoms with Crippen LogP contribution in [0.5, 0.6) is 0 Å². The molecule has 30 heavy (non-hydrogen) atoms. The second kappa shape index (κ2) is 9.11. The van der Waals surface area contributed by atoms with Crippen molar-refractivity contribution < 1.29 is 18.1 Å². The summed E-state index contributed by atoms with van der Waals surface area (Å²) in [6.07, 6.45) is 4.92. The Kier molecular flexibility index (Phi) is 6.74. The van der Waals surface area contributed by atoms with Crippen molar-refractivity contribution in [2.24, 2.45) is 0 Å². The molecule has 0 aromatic heterocycles. The number of hydrogen-bond donors (Lipinski definition) is 1. The molecule has 0 bridgehead atoms. The van der Waals surface area contributed by atoms with Gasteiger partial charge >= 0.3 is 0 Å². The maximum absolute atomic E-state index is 12.9. The largest absolute Gasteiger partial charge is 0.322 e. The lowest BCUT2D eigenvalue weighted by molar-refractivity contribution is -0.384. The lowest BCUT2D eigenvalue weighted by atomic mass is 9.96. The summed E-state index contributed by atoms with van der Waals surface area (Å²) in [6.45, 7) is 0. The third-order valence-corrected chi connectivity index (χ3v) is 7.52. The molecule has 2 aromatic carbocycles. The number of nitro groups is 1. The minimum atomic E-state index is -3.62. The third-order valence-electron chi connectivity index (χ3n) is 5.29. The summed E-state index contributed by atoms with van der Waals surface area (Å²) in [6, 6.07) is 9.46. The Morgan fingerprint density at radius 1 is 1.13 bits per heavy atom. The summed E-state index contributed by atoms with van der Waals surface area (Å²) in [5, 5.41) is 13.4. The first-order valence-corrected chi connectivity index (χ1v) is 11.4. The topological polar surface area (TPSA) is 110 Å². The zero-order chi connectivity index (χ0) is 21.9. The number of sulfonamides is 1. The summed E-state index contributed by atoms with van der Waals surface area (Å²) < 4.78 is 27.2. The lowest BCUT2D eigenvalue weighted by Gasteiger charge is -2.30. The first-order chi connectivity index (χ1) is 14.2. The molecule has 0 unspecified atom stereocenters. The van der Waals surface area contributed by atoms with E-state index in [0.717, 1.165) is 38.2 Å². The number of anilines is 1. The summed E-state index contributed by atoms with van der Waals surface area (Å²) >= 11 is 5.98. The zero-order valence-electron chi connectivity index (χ0n) is 16.4. The number of halogens is 1. The molecule has 1 aliphatic carbocycles. The predicted molar refractivity (Wildman–Crippen MR) is 114 cm³/mol. The Balaban J connectivity index is 1.72. The van der Waals surface area contributed by atoms with Crippen molar-refractivity contribution in [1.29, 1.82) is 0 Å². The van der Waals surface area contributed by atoms with Gasteiger partial charge < -0.3 is 5.32 Å². The Morgan fingerprint density at radius 2 is 1.77 bits per heavy atom. The number of nitrogens with one attached hydrogen (secondary N) is 1. The Bertz CT molecular complexity index is 1050. The Hall–Kier alpha value is -2.49. The van der Waals surface area contributed by atoms with Crippen LogP contribution in [-0.4, -0.2) is 36.6 Å². The zero-order valence-corrected chi connectivity index (χ0v) is 17.9. The van der Waals surface area contributed by atoms with E-state index in [1.807, 2.05) is 0 Å². The van der Waals surface area contributed by atoms with E-state index in [4.69, 9.17) is 11.6 Å². The van der Waals surface area contributed by atoms with Crippen LogP contribution in [0.4, 0.5) is 11.4 Å². The molecule has 3 rings (SSSR count). The van der Waals surface area contributed by atoms with Crippen molar-refractivity contribution in [1.82, 2.24) is 4.31 Å². The quantitative estimate of drug-likeness (QED) is 0.515. The van der Waals surface area contributed by atoms with Crippen molar-refractivity contribution >= 4 is 38.9 Å². The van der Waals surface area contributed by atoms with Crippen LogP contribution in [0.15, 0.2) is 47.4 Å². The molecule has 0 heterocycles. The van der Waals surface area contributed by atoms with E-state index in [-0.39, 0.29) is 27.2 Å². The van der Waals surface area contributed by atoms with Gasteiger partial charge in [0.2, 0.25) is 10.0 Å². The highest BCUT2D eigenvalue weighted by Gasteiger charge is 2.29. The van der Waals surface area contributed by atoms with Crippen LogP contribution in [-0.2, 0) is 10.0 Å². The van der Waals surface area contributed by atoms with E-state index in [1.54, 1.807) is 7.05 Å². The number of carbonyl (C=O) groups is 1. The van der Waals surface area contributed by atoms with Crippen LogP contribution in [0.1, 0.15) is 42.5 Å². The fourth-order valence-corrected chi connectivity index (χ4v) is 5.19. The summed E-state index contributed by atoms with van der Waals surface area (Å²) in [5.74, 6) is -0.551. The van der Waals surface area contributed by atoms with Crippen molar-refractivity contribution in [3.63, 3.8) is 0 Å². The molecule has 1 fully saturated rings. The van der Waals surface area contributed by atoms with Crippen molar-refractivity contribution in [2.75, 3.05) is 12.4 Å². The van der Waals surface area contributed by atoms with E-state index in [0.29, 0.717) is 5.69 Å². The molecule has 10 heteroatoms. The normalized spacial score (nSPS) is 15.2. The average Bonchev–Trinajstić information content (AvgIpc) is 2.74. The highest BCUT2D eigenvalue weighted by molar-refractivity contribution is 7.89. The molecular formula is C20H22ClN3O5S. The fourth-order valence-electron chi connectivity index (χ4n) is 3.52. The molecule has 1 N–H and O–H groups in total. The molecule has 0 radical (unpaired) electrons. The van der Waals surface area contributed by atoms with E-state index in [1.165, 1.54) is 40.7 Å². The van der Waals surface area contributed by atoms with Crippen molar-refractivity contribution in [2.45, 2.75) is 43.0 Å². The molecule has 2 aromatic rings. The highest BCUT2D eigenvalue weighted by Crippen LogP contribution is 2.27. The number of hydrogen-bond acceptors (Lipinski definition) is 5. The lowest BCUT2D eigenvalue weighted by Crippen LogP contribution is -2.38. The maximum atomic E-state index is 12.9. The smallest absolute Gasteiger partial charge is 0.270 e. The van der Waals surface area contributed by atoms with Gasteiger partial charge in [0.05, 0.1) is 20.4 Å². The van der Waals surface area contributed by atoms with Crippen LogP contribution >= 0.6 is 11.6 Å². The molecule has 1 saturated carbocycles. The van der Waals surface area contributed by atoms with Crippen molar-refractivity contribution in [3.8, 4) is 0 Å². The SMILES string of the molecule is CN(C1CCCCC1)S(=O)(=O)c1ccc(NC(=O)c2ccc([N+](=O)[O-])cc2Cl)cc1. The van der Waals surface area contributed by atoms with Crippen LogP contribution in [0.3, 0.4) is 0 Å². The summed E-state index contributed by atoms with van der Waals surface area (Å²) in [7, 11) is -2.01. The average molecular weight is 452 g/mol. The minimum absolute atomic E-state index is 0.00686. The number of rotatable bonds is 6. The van der Waals surface area contributed by atoms with Gasteiger partial charge in [-0.1, -0.05) is 30.9 Å². The van der Waals surface area contributed by atoms with Gasteiger partial charge in [-0.3, -0.25) is 14.9 Å². The molecule has 8 nitrogen and oxygen atoms in total. The van der Waals surface area contributed by atoms with Crippen molar-refractivity contribution in [3.05, 3.63) is 63.2 Å². The number of non-ortho nitro benzene ring substituents is 1. The molecule has 160 valence electrons. The molecular weight excluding hydrogens is 430 g/mol. The number of nitrogens with zero attached hydrogens (tertiary/aromatic N) is 2. The van der Waals surface area contributed by atoms with Crippen LogP contribution in [0.25, 0.3) is 0 Å². The first-order valence-electron chi connectivity index (χ1n) is 9.53. The fraction of sp³-hybridized carbons (Fsp3) is 0.350. The number of amides is 1. The first kappa shape index (κ1) is 22.2. The van der Waals surface area contributed by atoms with E-state index < -0.39 is 20.9 Å². The van der Waals surface area contributed by atoms with Gasteiger partial charge in [0.15, 0.2) is 0 Å². The number of benzene rings is 2. The van der Waals surface area contributed by atoms with Crippen LogP contribution in [0, 0.1) is 10.1 Å². The van der Waals surface area contributed by atoms with Crippen LogP contribution in [0.2, 0.25) is 5.02 Å². The van der Waals surface area contributed by atoms with E-state index in [9.17, 15) is 23.3 Å². The number of nitro benzene ring substituents is 1. The molecule has 0 atom stereocenters. The van der Waals surface area contributed by atoms with Gasteiger partial charge in [-0.15, -0.1) is 0 Å². The summed E-state index contributed by atoms with van der Waals surface area (Å²) in [4.78, 5) is 22.8. The molecule has 1 amide bonds. The highest BCUT2D eigenvalue weighted by atomic mass is 35.5. The number of carbonyl (C=O) groups excluding carboxylic acids is 1. The minimum Gasteiger partial charge on any atom is -0.322 e. The Labute approximate surface area is 180 Å². The molecule has 0 aliphatic heterocycles. The third kappa shape index (κ3) is 4.80. The Morgan fingerprint density at radius 3 is 2.33 bits per heavy atom. The predicted octanol–water partition coefficient (Wildman–Crippen LogP) is 4.45. The standard InChI is InChI=1S/C20H22ClN3O5S/c1-23(15-5-3-2-4-6-15)30(28,29)17-10-7-14(8-11-17)22-20(25)18-12-9-16(24(26)27)13-19(18)21/h7-13,15H,2-6H2,1H3,(H,22,25). The van der Waals surface area contributed by atoms with Gasteiger partial charge in [0.25, 0.3) is 11.6 Å². The van der Waals surface area contributed by atoms with Crippen LogP contribution < -0.4 is 5.32 Å². The van der Waals surface area contributed by atoms with E-state index >= 15 is 0 Å². The van der Waals surface area contributed by atoms with Gasteiger partial charge in [-0.05, 0) is 43.2 Å². The monoisotopic (exact) mass is 451 g/mol. The second-order valence-electron chi connectivity index (χ2n) is 7.21. The second-order valence-corrected chi connectivity index (χ2v) is 9.62. The molecule has 1 aliphatic rings. The van der Waals surface area contributed by atoms with Gasteiger partial charge in [-0.25, -0.2) is 8.42 Å². The molecule has 0 spiro atoms. The maximum Gasteiger partial charge on any atom is 0.270 e. The van der Waals surface area contributed by atoms with Gasteiger partial charge in [-0.2, -0.15) is 4.31 Å².